The van der Waals surface area contributed by atoms with E-state index >= 15 is 0 Å². The van der Waals surface area contributed by atoms with Crippen molar-refractivity contribution in [3.8, 4) is 0 Å². The van der Waals surface area contributed by atoms with Crippen LogP contribution in [0.15, 0.2) is 35.2 Å². The molecule has 0 saturated carbocycles. The molecule has 1 saturated heterocycles. The first-order valence-electron chi connectivity index (χ1n) is 9.65. The van der Waals surface area contributed by atoms with Crippen molar-refractivity contribution in [2.24, 2.45) is 11.8 Å². The summed E-state index contributed by atoms with van der Waals surface area (Å²) in [6, 6.07) is 10.9. The van der Waals surface area contributed by atoms with Crippen LogP contribution < -0.4 is 0 Å². The van der Waals surface area contributed by atoms with Crippen molar-refractivity contribution in [2.75, 3.05) is 31.9 Å². The number of nitrogens with zero attached hydrogens (tertiary/aromatic N) is 2. The zero-order valence-corrected chi connectivity index (χ0v) is 17.1. The molecular weight excluding hydrogens is 328 g/mol. The highest BCUT2D eigenvalue weighted by Crippen LogP contribution is 2.24. The molecule has 0 aliphatic carbocycles. The van der Waals surface area contributed by atoms with Crippen LogP contribution in [0.1, 0.15) is 40.5 Å². The summed E-state index contributed by atoms with van der Waals surface area (Å²) in [5, 5.41) is 0. The zero-order valence-electron chi connectivity index (χ0n) is 16.3. The number of thioether (sulfide) groups is 1. The van der Waals surface area contributed by atoms with E-state index in [1.807, 2.05) is 11.8 Å². The summed E-state index contributed by atoms with van der Waals surface area (Å²) in [6.07, 6.45) is 1.74. The number of benzene rings is 1. The van der Waals surface area contributed by atoms with E-state index < -0.39 is 0 Å². The van der Waals surface area contributed by atoms with E-state index in [2.05, 4.69) is 67.8 Å². The van der Waals surface area contributed by atoms with Gasteiger partial charge in [0.05, 0.1) is 0 Å². The predicted octanol–water partition coefficient (Wildman–Crippen LogP) is 4.38. The van der Waals surface area contributed by atoms with Gasteiger partial charge in [0, 0.05) is 49.3 Å². The van der Waals surface area contributed by atoms with Crippen molar-refractivity contribution in [3.63, 3.8) is 0 Å². The molecule has 25 heavy (non-hydrogen) atoms. The molecule has 0 spiro atoms. The molecule has 3 nitrogen and oxygen atoms in total. The minimum absolute atomic E-state index is 0.330. The van der Waals surface area contributed by atoms with Crippen LogP contribution in [-0.4, -0.2) is 53.7 Å². The first kappa shape index (κ1) is 20.3. The highest BCUT2D eigenvalue weighted by molar-refractivity contribution is 7.99. The predicted molar refractivity (Wildman–Crippen MR) is 108 cm³/mol. The number of rotatable bonds is 8. The van der Waals surface area contributed by atoms with E-state index in [1.54, 1.807) is 0 Å². The van der Waals surface area contributed by atoms with Crippen molar-refractivity contribution < 1.29 is 4.79 Å². The van der Waals surface area contributed by atoms with E-state index in [1.165, 1.54) is 4.90 Å². The molecule has 2 rings (SSSR count). The monoisotopic (exact) mass is 362 g/mol. The number of hydrogen-bond acceptors (Lipinski definition) is 3. The Morgan fingerprint density at radius 2 is 1.72 bits per heavy atom. The fourth-order valence-electron chi connectivity index (χ4n) is 3.51. The van der Waals surface area contributed by atoms with Crippen molar-refractivity contribution >= 4 is 17.7 Å². The zero-order chi connectivity index (χ0) is 18.2. The highest BCUT2D eigenvalue weighted by Gasteiger charge is 2.28. The van der Waals surface area contributed by atoms with Crippen molar-refractivity contribution in [2.45, 2.75) is 51.5 Å². The van der Waals surface area contributed by atoms with Gasteiger partial charge < -0.3 is 9.80 Å². The van der Waals surface area contributed by atoms with Gasteiger partial charge in [0.1, 0.15) is 0 Å². The smallest absolute Gasteiger partial charge is 0.224 e. The van der Waals surface area contributed by atoms with Crippen LogP contribution in [0, 0.1) is 11.8 Å². The maximum absolute atomic E-state index is 12.8. The molecule has 1 aromatic rings. The van der Waals surface area contributed by atoms with E-state index in [-0.39, 0.29) is 0 Å². The molecule has 1 aromatic carbocycles. The van der Waals surface area contributed by atoms with Gasteiger partial charge in [-0.3, -0.25) is 4.79 Å². The first-order valence-corrected chi connectivity index (χ1v) is 10.6. The third-order valence-electron chi connectivity index (χ3n) is 4.61. The average Bonchev–Trinajstić information content (AvgIpc) is 2.74. The summed E-state index contributed by atoms with van der Waals surface area (Å²) >= 11 is 1.88. The Kier molecular flexibility index (Phi) is 8.31. The number of hydrogen-bond donors (Lipinski definition) is 0. The molecular formula is C21H34N2OS. The fraction of sp³-hybridized carbons (Fsp3) is 0.667. The van der Waals surface area contributed by atoms with E-state index in [0.717, 1.165) is 38.4 Å². The van der Waals surface area contributed by atoms with Gasteiger partial charge in [-0.15, -0.1) is 11.8 Å². The molecule has 0 radical (unpaired) electrons. The van der Waals surface area contributed by atoms with Crippen LogP contribution in [0.5, 0.6) is 0 Å². The molecule has 1 amide bonds. The normalized spacial score (nSPS) is 18.0. The second kappa shape index (κ2) is 10.2. The van der Waals surface area contributed by atoms with E-state index in [0.29, 0.717) is 30.2 Å². The summed E-state index contributed by atoms with van der Waals surface area (Å²) in [7, 11) is 0. The van der Waals surface area contributed by atoms with Gasteiger partial charge in [0.25, 0.3) is 0 Å². The molecule has 1 fully saturated rings. The van der Waals surface area contributed by atoms with Crippen LogP contribution >= 0.6 is 11.8 Å². The minimum atomic E-state index is 0.330. The third-order valence-corrected chi connectivity index (χ3v) is 5.77. The van der Waals surface area contributed by atoms with E-state index in [9.17, 15) is 4.79 Å². The number of carbonyl (C=O) groups is 1. The Bertz CT molecular complexity index is 518. The van der Waals surface area contributed by atoms with Gasteiger partial charge in [0.2, 0.25) is 5.91 Å². The summed E-state index contributed by atoms with van der Waals surface area (Å²) in [6.45, 7) is 12.9. The lowest BCUT2D eigenvalue weighted by Gasteiger charge is -2.32. The highest BCUT2D eigenvalue weighted by atomic mass is 32.2. The van der Waals surface area contributed by atoms with Crippen LogP contribution in [0.3, 0.4) is 0 Å². The molecule has 0 unspecified atom stereocenters. The summed E-state index contributed by atoms with van der Waals surface area (Å²) in [5.41, 5.74) is 0. The quantitative estimate of drug-likeness (QED) is 0.641. The number of amides is 1. The Labute approximate surface area is 158 Å². The van der Waals surface area contributed by atoms with Gasteiger partial charge in [-0.1, -0.05) is 45.9 Å². The van der Waals surface area contributed by atoms with Gasteiger partial charge in [-0.05, 0) is 30.4 Å². The summed E-state index contributed by atoms with van der Waals surface area (Å²) in [5.74, 6) is 2.58. The largest absolute Gasteiger partial charge is 0.338 e. The molecule has 0 N–H and O–H groups in total. The minimum Gasteiger partial charge on any atom is -0.338 e. The molecule has 1 aliphatic rings. The molecule has 4 heteroatoms. The van der Waals surface area contributed by atoms with Crippen LogP contribution in [0.4, 0.5) is 0 Å². The van der Waals surface area contributed by atoms with E-state index in [4.69, 9.17) is 0 Å². The van der Waals surface area contributed by atoms with Crippen LogP contribution in [0.2, 0.25) is 0 Å². The third kappa shape index (κ3) is 7.02. The van der Waals surface area contributed by atoms with Gasteiger partial charge in [-0.2, -0.15) is 0 Å². The molecule has 1 heterocycles. The maximum Gasteiger partial charge on any atom is 0.224 e. The maximum atomic E-state index is 12.8. The lowest BCUT2D eigenvalue weighted by atomic mass is 10.0. The lowest BCUT2D eigenvalue weighted by molar-refractivity contribution is -0.132. The van der Waals surface area contributed by atoms with Crippen molar-refractivity contribution in [1.82, 2.24) is 9.80 Å². The van der Waals surface area contributed by atoms with Crippen molar-refractivity contribution in [1.29, 1.82) is 0 Å². The molecule has 0 bridgehead atoms. The molecule has 1 atom stereocenters. The Morgan fingerprint density at radius 1 is 1.00 bits per heavy atom. The summed E-state index contributed by atoms with van der Waals surface area (Å²) < 4.78 is 0. The Balaban J connectivity index is 2.01. The van der Waals surface area contributed by atoms with Crippen LogP contribution in [0.25, 0.3) is 0 Å². The lowest BCUT2D eigenvalue weighted by Crippen LogP contribution is -2.43. The first-order chi connectivity index (χ1) is 12.0. The topological polar surface area (TPSA) is 23.6 Å². The van der Waals surface area contributed by atoms with Crippen molar-refractivity contribution in [3.05, 3.63) is 30.3 Å². The number of carbonyl (C=O) groups excluding carboxylic acids is 1. The molecule has 0 aromatic heterocycles. The standard InChI is InChI=1S/C21H34N2OS/c1-17(2)14-19(16-25-20-8-6-5-7-9-20)23-13-12-22(15-18(3)4)11-10-21(23)24/h5-9,17-19H,10-16H2,1-4H3/t19-/m0/s1. The Hall–Kier alpha value is -1.00. The SMILES string of the molecule is CC(C)C[C@@H](CSc1ccccc1)N1CCN(CC(C)C)CCC1=O. The molecule has 140 valence electrons. The fourth-order valence-corrected chi connectivity index (χ4v) is 4.56. The van der Waals surface area contributed by atoms with Crippen LogP contribution in [-0.2, 0) is 4.79 Å². The van der Waals surface area contributed by atoms with Gasteiger partial charge >= 0.3 is 0 Å². The second-order valence-corrected chi connectivity index (χ2v) is 9.03. The summed E-state index contributed by atoms with van der Waals surface area (Å²) in [4.78, 5) is 18.7. The Morgan fingerprint density at radius 3 is 2.36 bits per heavy atom. The van der Waals surface area contributed by atoms with Gasteiger partial charge in [-0.25, -0.2) is 0 Å². The molecule has 1 aliphatic heterocycles. The van der Waals surface area contributed by atoms with Gasteiger partial charge in [0.15, 0.2) is 0 Å². The second-order valence-electron chi connectivity index (χ2n) is 7.94. The average molecular weight is 363 g/mol.